The standard InChI is InChI=1S/C15H20ClN3O5S/c1-9(17-15(21)19-11-5-6-25(22,23)8-11)14(20)18-10-3-4-13(24-2)12(16)7-10/h3-4,7,9,11H,5-6,8H2,1-2H3,(H,18,20)(H2,17,19,21)/t9-,11+/m0/s1. The van der Waals surface area contributed by atoms with E-state index in [1.54, 1.807) is 12.1 Å². The molecule has 1 heterocycles. The molecule has 0 aromatic heterocycles. The van der Waals surface area contributed by atoms with Crippen LogP contribution >= 0.6 is 11.6 Å². The molecule has 3 amide bonds. The lowest BCUT2D eigenvalue weighted by Crippen LogP contribution is -2.49. The van der Waals surface area contributed by atoms with Gasteiger partial charge in [-0.05, 0) is 31.5 Å². The van der Waals surface area contributed by atoms with E-state index in [2.05, 4.69) is 16.0 Å². The molecule has 1 fully saturated rings. The lowest BCUT2D eigenvalue weighted by molar-refractivity contribution is -0.117. The Kier molecular flexibility index (Phi) is 6.12. The summed E-state index contributed by atoms with van der Waals surface area (Å²) in [6.07, 6.45) is 0.376. The van der Waals surface area contributed by atoms with Crippen molar-refractivity contribution in [1.82, 2.24) is 10.6 Å². The highest BCUT2D eigenvalue weighted by atomic mass is 35.5. The third-order valence-corrected chi connectivity index (χ3v) is 5.79. The highest BCUT2D eigenvalue weighted by Crippen LogP contribution is 2.27. The molecule has 8 nitrogen and oxygen atoms in total. The Morgan fingerprint density at radius 3 is 2.64 bits per heavy atom. The number of carbonyl (C=O) groups excluding carboxylic acids is 2. The Labute approximate surface area is 151 Å². The van der Waals surface area contributed by atoms with Crippen molar-refractivity contribution in [2.75, 3.05) is 23.9 Å². The van der Waals surface area contributed by atoms with E-state index in [4.69, 9.17) is 16.3 Å². The molecule has 0 aliphatic carbocycles. The van der Waals surface area contributed by atoms with Crippen LogP contribution in [-0.4, -0.2) is 51.1 Å². The number of methoxy groups -OCH3 is 1. The van der Waals surface area contributed by atoms with Crippen molar-refractivity contribution in [2.45, 2.75) is 25.4 Å². The van der Waals surface area contributed by atoms with Gasteiger partial charge in [0.2, 0.25) is 5.91 Å². The second-order valence-corrected chi connectivity index (χ2v) is 8.41. The number of carbonyl (C=O) groups is 2. The van der Waals surface area contributed by atoms with E-state index in [0.717, 1.165) is 0 Å². The van der Waals surface area contributed by atoms with E-state index >= 15 is 0 Å². The minimum Gasteiger partial charge on any atom is -0.495 e. The summed E-state index contributed by atoms with van der Waals surface area (Å²) in [5.74, 6) is 0.0320. The first kappa shape index (κ1) is 19.3. The third-order valence-electron chi connectivity index (χ3n) is 3.73. The number of anilines is 1. The molecule has 25 heavy (non-hydrogen) atoms. The molecule has 1 aromatic carbocycles. The predicted octanol–water partition coefficient (Wildman–Crippen LogP) is 1.16. The van der Waals surface area contributed by atoms with Crippen LogP contribution in [0.2, 0.25) is 5.02 Å². The van der Waals surface area contributed by atoms with Crippen molar-refractivity contribution in [3.05, 3.63) is 23.2 Å². The maximum absolute atomic E-state index is 12.1. The quantitative estimate of drug-likeness (QED) is 0.699. The Hall–Kier alpha value is -2.00. The Balaban J connectivity index is 1.85. The second kappa shape index (κ2) is 7.92. The van der Waals surface area contributed by atoms with Gasteiger partial charge in [-0.3, -0.25) is 4.79 Å². The normalized spacial score (nSPS) is 19.7. The minimum atomic E-state index is -3.08. The summed E-state index contributed by atoms with van der Waals surface area (Å²) < 4.78 is 27.8. The number of hydrogen-bond donors (Lipinski definition) is 3. The number of benzene rings is 1. The Morgan fingerprint density at radius 1 is 1.36 bits per heavy atom. The van der Waals surface area contributed by atoms with Crippen LogP contribution in [0.5, 0.6) is 5.75 Å². The van der Waals surface area contributed by atoms with Gasteiger partial charge in [-0.1, -0.05) is 11.6 Å². The molecule has 1 saturated heterocycles. The number of amides is 3. The molecule has 138 valence electrons. The molecule has 10 heteroatoms. The number of ether oxygens (including phenoxy) is 1. The molecule has 3 N–H and O–H groups in total. The van der Waals surface area contributed by atoms with E-state index < -0.39 is 33.9 Å². The highest BCUT2D eigenvalue weighted by Gasteiger charge is 2.29. The van der Waals surface area contributed by atoms with Gasteiger partial charge in [-0.2, -0.15) is 0 Å². The summed E-state index contributed by atoms with van der Waals surface area (Å²) in [6.45, 7) is 1.52. The van der Waals surface area contributed by atoms with Gasteiger partial charge in [0.1, 0.15) is 11.8 Å². The fourth-order valence-electron chi connectivity index (χ4n) is 2.39. The van der Waals surface area contributed by atoms with Gasteiger partial charge in [0.15, 0.2) is 9.84 Å². The van der Waals surface area contributed by atoms with Gasteiger partial charge in [-0.25, -0.2) is 13.2 Å². The number of halogens is 1. The smallest absolute Gasteiger partial charge is 0.315 e. The monoisotopic (exact) mass is 389 g/mol. The zero-order valence-electron chi connectivity index (χ0n) is 13.8. The molecule has 0 saturated carbocycles. The summed E-state index contributed by atoms with van der Waals surface area (Å²) in [7, 11) is -1.60. The summed E-state index contributed by atoms with van der Waals surface area (Å²) in [6, 6.07) is 2.94. The number of nitrogens with one attached hydrogen (secondary N) is 3. The van der Waals surface area contributed by atoms with Gasteiger partial charge in [0.25, 0.3) is 0 Å². The molecule has 0 bridgehead atoms. The number of hydrogen-bond acceptors (Lipinski definition) is 5. The van der Waals surface area contributed by atoms with Crippen LogP contribution in [0.3, 0.4) is 0 Å². The highest BCUT2D eigenvalue weighted by molar-refractivity contribution is 7.91. The van der Waals surface area contributed by atoms with Gasteiger partial charge in [-0.15, -0.1) is 0 Å². The molecule has 0 spiro atoms. The average molecular weight is 390 g/mol. The largest absolute Gasteiger partial charge is 0.495 e. The molecular weight excluding hydrogens is 370 g/mol. The Morgan fingerprint density at radius 2 is 2.08 bits per heavy atom. The van der Waals surface area contributed by atoms with Crippen molar-refractivity contribution in [1.29, 1.82) is 0 Å². The topological polar surface area (TPSA) is 114 Å². The molecular formula is C15H20ClN3O5S. The molecule has 0 radical (unpaired) electrons. The van der Waals surface area contributed by atoms with Crippen LogP contribution in [-0.2, 0) is 14.6 Å². The van der Waals surface area contributed by atoms with Crippen LogP contribution in [0.25, 0.3) is 0 Å². The maximum Gasteiger partial charge on any atom is 0.315 e. The maximum atomic E-state index is 12.1. The first-order chi connectivity index (χ1) is 11.7. The number of sulfone groups is 1. The Bertz CT molecular complexity index is 768. The zero-order valence-corrected chi connectivity index (χ0v) is 15.4. The summed E-state index contributed by atoms with van der Waals surface area (Å²) in [4.78, 5) is 24.0. The molecule has 1 aromatic rings. The van der Waals surface area contributed by atoms with E-state index in [-0.39, 0.29) is 11.5 Å². The van der Waals surface area contributed by atoms with Gasteiger partial charge >= 0.3 is 6.03 Å². The summed E-state index contributed by atoms with van der Waals surface area (Å²) in [5, 5.41) is 8.02. The lowest BCUT2D eigenvalue weighted by atomic mass is 10.2. The van der Waals surface area contributed by atoms with E-state index in [9.17, 15) is 18.0 Å². The van der Waals surface area contributed by atoms with Crippen molar-refractivity contribution in [3.8, 4) is 5.75 Å². The summed E-state index contributed by atoms with van der Waals surface area (Å²) in [5.41, 5.74) is 0.465. The minimum absolute atomic E-state index is 0.0617. The van der Waals surface area contributed by atoms with E-state index in [1.165, 1.54) is 20.1 Å². The van der Waals surface area contributed by atoms with Crippen LogP contribution < -0.4 is 20.7 Å². The molecule has 2 rings (SSSR count). The van der Waals surface area contributed by atoms with Crippen LogP contribution in [0, 0.1) is 0 Å². The molecule has 0 unspecified atom stereocenters. The van der Waals surface area contributed by atoms with E-state index in [1.807, 2.05) is 0 Å². The number of rotatable bonds is 5. The van der Waals surface area contributed by atoms with Crippen molar-refractivity contribution in [3.63, 3.8) is 0 Å². The zero-order chi connectivity index (χ0) is 18.6. The van der Waals surface area contributed by atoms with Crippen molar-refractivity contribution in [2.24, 2.45) is 0 Å². The third kappa shape index (κ3) is 5.50. The predicted molar refractivity (Wildman–Crippen MR) is 94.8 cm³/mol. The van der Waals surface area contributed by atoms with Gasteiger partial charge < -0.3 is 20.7 Å². The van der Waals surface area contributed by atoms with Crippen molar-refractivity contribution >= 4 is 39.1 Å². The van der Waals surface area contributed by atoms with Crippen LogP contribution in [0.1, 0.15) is 13.3 Å². The fraction of sp³-hybridized carbons (Fsp3) is 0.467. The first-order valence-corrected chi connectivity index (χ1v) is 9.82. The van der Waals surface area contributed by atoms with Crippen LogP contribution in [0.4, 0.5) is 10.5 Å². The van der Waals surface area contributed by atoms with Crippen LogP contribution in [0.15, 0.2) is 18.2 Å². The second-order valence-electron chi connectivity index (χ2n) is 5.78. The van der Waals surface area contributed by atoms with E-state index in [0.29, 0.717) is 22.9 Å². The fourth-order valence-corrected chi connectivity index (χ4v) is 4.32. The summed E-state index contributed by atoms with van der Waals surface area (Å²) >= 11 is 5.99. The number of urea groups is 1. The van der Waals surface area contributed by atoms with Gasteiger partial charge in [0.05, 0.1) is 23.6 Å². The lowest BCUT2D eigenvalue weighted by Gasteiger charge is -2.17. The SMILES string of the molecule is COc1ccc(NC(=O)[C@H](C)NC(=O)N[C@@H]2CCS(=O)(=O)C2)cc1Cl. The van der Waals surface area contributed by atoms with Gasteiger partial charge in [0, 0.05) is 11.7 Å². The molecule has 1 aliphatic rings. The molecule has 2 atom stereocenters. The molecule has 1 aliphatic heterocycles. The van der Waals surface area contributed by atoms with Crippen molar-refractivity contribution < 1.29 is 22.7 Å². The first-order valence-electron chi connectivity index (χ1n) is 7.62. The average Bonchev–Trinajstić information content (AvgIpc) is 2.85.